The quantitative estimate of drug-likeness (QED) is 0.870. The maximum atomic E-state index is 13.5. The van der Waals surface area contributed by atoms with Crippen LogP contribution in [-0.4, -0.2) is 28.7 Å². The minimum absolute atomic E-state index is 0.208. The highest BCUT2D eigenvalue weighted by molar-refractivity contribution is 5.63. The summed E-state index contributed by atoms with van der Waals surface area (Å²) in [6.07, 6.45) is 4.20. The number of aryl methyl sites for hydroxylation is 1. The highest BCUT2D eigenvalue weighted by atomic mass is 19.1. The third-order valence-corrected chi connectivity index (χ3v) is 3.38. The highest BCUT2D eigenvalue weighted by Crippen LogP contribution is 2.24. The number of rotatable bonds is 6. The number of hydrogen-bond donors (Lipinski definition) is 1. The summed E-state index contributed by atoms with van der Waals surface area (Å²) in [4.78, 5) is 2.27. The second-order valence-electron chi connectivity index (χ2n) is 5.38. The predicted octanol–water partition coefficient (Wildman–Crippen LogP) is 3.76. The number of nitrogens with zero attached hydrogens (tertiary/aromatic N) is 2. The standard InChI is InChI=1S/C16H22FN3/c1-4-5-6-20(3)11-14-10-18-19-16(14)13-7-12(2)8-15(17)9-13/h7-10H,4-6,11H2,1-3H3,(H,18,19). The van der Waals surface area contributed by atoms with Crippen LogP contribution in [0.15, 0.2) is 24.4 Å². The van der Waals surface area contributed by atoms with E-state index in [9.17, 15) is 4.39 Å². The molecule has 0 aliphatic rings. The number of H-pyrrole nitrogens is 1. The van der Waals surface area contributed by atoms with Gasteiger partial charge >= 0.3 is 0 Å². The molecule has 0 radical (unpaired) electrons. The Bertz CT molecular complexity index is 542. The normalized spacial score (nSPS) is 11.2. The minimum Gasteiger partial charge on any atom is -0.302 e. The summed E-state index contributed by atoms with van der Waals surface area (Å²) in [6.45, 7) is 5.97. The molecule has 4 heteroatoms. The predicted molar refractivity (Wildman–Crippen MR) is 80.0 cm³/mol. The molecule has 0 amide bonds. The van der Waals surface area contributed by atoms with Crippen molar-refractivity contribution in [2.75, 3.05) is 13.6 Å². The summed E-state index contributed by atoms with van der Waals surface area (Å²) < 4.78 is 13.5. The van der Waals surface area contributed by atoms with Crippen molar-refractivity contribution in [3.8, 4) is 11.3 Å². The number of halogens is 1. The Morgan fingerprint density at radius 3 is 2.80 bits per heavy atom. The van der Waals surface area contributed by atoms with E-state index in [4.69, 9.17) is 0 Å². The summed E-state index contributed by atoms with van der Waals surface area (Å²) in [6, 6.07) is 5.06. The topological polar surface area (TPSA) is 31.9 Å². The molecule has 1 heterocycles. The second-order valence-corrected chi connectivity index (χ2v) is 5.38. The van der Waals surface area contributed by atoms with Gasteiger partial charge in [-0.05, 0) is 50.7 Å². The van der Waals surface area contributed by atoms with Crippen LogP contribution >= 0.6 is 0 Å². The zero-order valence-electron chi connectivity index (χ0n) is 12.4. The van der Waals surface area contributed by atoms with E-state index in [1.165, 1.54) is 18.9 Å². The summed E-state index contributed by atoms with van der Waals surface area (Å²) >= 11 is 0. The first kappa shape index (κ1) is 14.7. The van der Waals surface area contributed by atoms with Gasteiger partial charge < -0.3 is 4.90 Å². The molecular weight excluding hydrogens is 253 g/mol. The number of benzene rings is 1. The molecule has 1 aromatic heterocycles. The van der Waals surface area contributed by atoms with Gasteiger partial charge in [0.05, 0.1) is 11.9 Å². The van der Waals surface area contributed by atoms with Gasteiger partial charge in [-0.3, -0.25) is 5.10 Å². The van der Waals surface area contributed by atoms with E-state index in [0.717, 1.165) is 35.5 Å². The van der Waals surface area contributed by atoms with Crippen LogP contribution in [0.4, 0.5) is 4.39 Å². The van der Waals surface area contributed by atoms with Gasteiger partial charge in [-0.1, -0.05) is 13.3 Å². The molecule has 20 heavy (non-hydrogen) atoms. The lowest BCUT2D eigenvalue weighted by Crippen LogP contribution is -2.19. The summed E-state index contributed by atoms with van der Waals surface area (Å²) in [7, 11) is 2.10. The molecule has 0 aliphatic carbocycles. The molecule has 1 aromatic carbocycles. The van der Waals surface area contributed by atoms with E-state index < -0.39 is 0 Å². The number of nitrogens with one attached hydrogen (secondary N) is 1. The number of hydrogen-bond acceptors (Lipinski definition) is 2. The van der Waals surface area contributed by atoms with Crippen LogP contribution in [-0.2, 0) is 6.54 Å². The van der Waals surface area contributed by atoms with Crippen molar-refractivity contribution < 1.29 is 4.39 Å². The van der Waals surface area contributed by atoms with Gasteiger partial charge in [0.1, 0.15) is 5.82 Å². The van der Waals surface area contributed by atoms with Gasteiger partial charge in [0.2, 0.25) is 0 Å². The molecule has 0 spiro atoms. The van der Waals surface area contributed by atoms with Gasteiger partial charge in [-0.2, -0.15) is 5.10 Å². The Kier molecular flexibility index (Phi) is 4.90. The number of aromatic nitrogens is 2. The number of unbranched alkanes of at least 4 members (excludes halogenated alkanes) is 1. The van der Waals surface area contributed by atoms with Crippen molar-refractivity contribution >= 4 is 0 Å². The molecule has 1 N–H and O–H groups in total. The zero-order chi connectivity index (χ0) is 14.5. The first-order chi connectivity index (χ1) is 9.60. The van der Waals surface area contributed by atoms with E-state index in [1.54, 1.807) is 6.07 Å². The van der Waals surface area contributed by atoms with Crippen LogP contribution in [0.3, 0.4) is 0 Å². The summed E-state index contributed by atoms with van der Waals surface area (Å²) in [5.41, 5.74) is 3.79. The SMILES string of the molecule is CCCCN(C)Cc1cn[nH]c1-c1cc(C)cc(F)c1. The molecule has 0 saturated heterocycles. The van der Waals surface area contributed by atoms with Crippen molar-refractivity contribution in [2.24, 2.45) is 0 Å². The monoisotopic (exact) mass is 275 g/mol. The minimum atomic E-state index is -0.208. The van der Waals surface area contributed by atoms with E-state index in [0.29, 0.717) is 0 Å². The fourth-order valence-electron chi connectivity index (χ4n) is 2.36. The van der Waals surface area contributed by atoms with Crippen LogP contribution in [0.2, 0.25) is 0 Å². The van der Waals surface area contributed by atoms with E-state index >= 15 is 0 Å². The molecule has 2 rings (SSSR count). The van der Waals surface area contributed by atoms with Gasteiger partial charge in [-0.15, -0.1) is 0 Å². The lowest BCUT2D eigenvalue weighted by molar-refractivity contribution is 0.321. The molecule has 0 fully saturated rings. The Hall–Kier alpha value is -1.68. The van der Waals surface area contributed by atoms with Crippen molar-refractivity contribution in [1.82, 2.24) is 15.1 Å². The van der Waals surface area contributed by atoms with Gasteiger partial charge in [0.15, 0.2) is 0 Å². The molecule has 0 unspecified atom stereocenters. The van der Waals surface area contributed by atoms with Gasteiger partial charge in [-0.25, -0.2) is 4.39 Å². The Balaban J connectivity index is 2.19. The first-order valence-electron chi connectivity index (χ1n) is 7.08. The average molecular weight is 275 g/mol. The van der Waals surface area contributed by atoms with Crippen molar-refractivity contribution in [2.45, 2.75) is 33.2 Å². The molecule has 108 valence electrons. The van der Waals surface area contributed by atoms with Crippen LogP contribution in [0.25, 0.3) is 11.3 Å². The highest BCUT2D eigenvalue weighted by Gasteiger charge is 2.11. The van der Waals surface area contributed by atoms with E-state index in [-0.39, 0.29) is 5.82 Å². The lowest BCUT2D eigenvalue weighted by atomic mass is 10.1. The molecule has 0 saturated carbocycles. The molecule has 0 atom stereocenters. The summed E-state index contributed by atoms with van der Waals surface area (Å²) in [5, 5.41) is 7.11. The van der Waals surface area contributed by atoms with Crippen molar-refractivity contribution in [1.29, 1.82) is 0 Å². The maximum absolute atomic E-state index is 13.5. The van der Waals surface area contributed by atoms with Gasteiger partial charge in [0.25, 0.3) is 0 Å². The zero-order valence-corrected chi connectivity index (χ0v) is 12.4. The van der Waals surface area contributed by atoms with E-state index in [2.05, 4.69) is 29.1 Å². The Labute approximate surface area is 119 Å². The Morgan fingerprint density at radius 1 is 1.30 bits per heavy atom. The van der Waals surface area contributed by atoms with Crippen molar-refractivity contribution in [3.05, 3.63) is 41.3 Å². The largest absolute Gasteiger partial charge is 0.302 e. The Morgan fingerprint density at radius 2 is 2.10 bits per heavy atom. The molecule has 0 aliphatic heterocycles. The van der Waals surface area contributed by atoms with E-state index in [1.807, 2.05) is 19.2 Å². The van der Waals surface area contributed by atoms with Crippen LogP contribution < -0.4 is 0 Å². The second kappa shape index (κ2) is 6.66. The van der Waals surface area contributed by atoms with Crippen LogP contribution in [0, 0.1) is 12.7 Å². The number of aromatic amines is 1. The third-order valence-electron chi connectivity index (χ3n) is 3.38. The molecular formula is C16H22FN3. The van der Waals surface area contributed by atoms with Gasteiger partial charge in [0, 0.05) is 17.7 Å². The molecule has 0 bridgehead atoms. The molecule has 3 nitrogen and oxygen atoms in total. The van der Waals surface area contributed by atoms with Crippen LogP contribution in [0.5, 0.6) is 0 Å². The average Bonchev–Trinajstić information content (AvgIpc) is 2.83. The molecule has 2 aromatic rings. The van der Waals surface area contributed by atoms with Crippen molar-refractivity contribution in [3.63, 3.8) is 0 Å². The smallest absolute Gasteiger partial charge is 0.124 e. The fraction of sp³-hybridized carbons (Fsp3) is 0.438. The maximum Gasteiger partial charge on any atom is 0.124 e. The first-order valence-corrected chi connectivity index (χ1v) is 7.08. The third kappa shape index (κ3) is 3.67. The van der Waals surface area contributed by atoms with Crippen LogP contribution in [0.1, 0.15) is 30.9 Å². The summed E-state index contributed by atoms with van der Waals surface area (Å²) in [5.74, 6) is -0.208. The fourth-order valence-corrected chi connectivity index (χ4v) is 2.36. The lowest BCUT2D eigenvalue weighted by Gasteiger charge is -2.16.